The third-order valence-electron chi connectivity index (χ3n) is 5.20. The maximum atomic E-state index is 13.0. The van der Waals surface area contributed by atoms with Crippen molar-refractivity contribution >= 4 is 44.8 Å². The smallest absolute Gasteiger partial charge is 0.243 e. The third kappa shape index (κ3) is 6.20. The summed E-state index contributed by atoms with van der Waals surface area (Å²) in [6.07, 6.45) is 0. The molecule has 9 heteroatoms. The number of hydrogen-bond acceptors (Lipinski definition) is 4. The van der Waals surface area contributed by atoms with E-state index in [0.717, 1.165) is 5.56 Å². The summed E-state index contributed by atoms with van der Waals surface area (Å²) in [7, 11) is -3.56. The van der Waals surface area contributed by atoms with Crippen LogP contribution in [0.5, 0.6) is 0 Å². The van der Waals surface area contributed by atoms with Gasteiger partial charge in [-0.05, 0) is 41.3 Å². The van der Waals surface area contributed by atoms with Crippen molar-refractivity contribution in [1.82, 2.24) is 9.21 Å². The highest BCUT2D eigenvalue weighted by Gasteiger charge is 2.29. The Labute approximate surface area is 194 Å². The Kier molecular flexibility index (Phi) is 7.33. The average Bonchev–Trinajstić information content (AvgIpc) is 2.67. The second-order valence-electron chi connectivity index (χ2n) is 8.66. The number of piperazine rings is 1. The number of hydrogen-bond donors (Lipinski definition) is 1. The number of nitrogens with zero attached hydrogens (tertiary/aromatic N) is 2. The van der Waals surface area contributed by atoms with E-state index < -0.39 is 10.0 Å². The molecule has 2 aromatic rings. The Bertz CT molecular complexity index is 1020. The number of carbonyl (C=O) groups is 1. The molecule has 168 valence electrons. The summed E-state index contributed by atoms with van der Waals surface area (Å²) in [5.74, 6) is -0.201. The predicted octanol–water partition coefficient (Wildman–Crippen LogP) is 4.24. The Morgan fingerprint density at radius 3 is 2.03 bits per heavy atom. The van der Waals surface area contributed by atoms with Gasteiger partial charge in [-0.1, -0.05) is 56.1 Å². The fourth-order valence-corrected chi connectivity index (χ4v) is 5.38. The molecule has 0 saturated carbocycles. The van der Waals surface area contributed by atoms with Gasteiger partial charge in [0.05, 0.1) is 11.4 Å². The lowest BCUT2D eigenvalue weighted by atomic mass is 9.87. The van der Waals surface area contributed by atoms with E-state index in [1.807, 2.05) is 17.0 Å². The van der Waals surface area contributed by atoms with E-state index in [9.17, 15) is 13.2 Å². The molecular formula is C22H27Cl2N3O3S. The Morgan fingerprint density at radius 2 is 1.52 bits per heavy atom. The van der Waals surface area contributed by atoms with E-state index in [1.54, 1.807) is 30.3 Å². The standard InChI is InChI=1S/C22H27Cl2N3O3S/c1-22(2,3)16-4-6-20(7-5-16)31(29,30)27-10-8-26(9-11-27)15-21(28)25-19-13-17(23)12-18(24)14-19/h4-7,12-14H,8-11,15H2,1-3H3,(H,25,28). The van der Waals surface area contributed by atoms with E-state index in [2.05, 4.69) is 26.1 Å². The minimum Gasteiger partial charge on any atom is -0.325 e. The van der Waals surface area contributed by atoms with Crippen LogP contribution in [0, 0.1) is 0 Å². The van der Waals surface area contributed by atoms with Crippen LogP contribution < -0.4 is 5.32 Å². The molecule has 0 unspecified atom stereocenters. The molecule has 0 radical (unpaired) electrons. The highest BCUT2D eigenvalue weighted by Crippen LogP contribution is 2.25. The molecule has 1 amide bonds. The van der Waals surface area contributed by atoms with Gasteiger partial charge in [-0.3, -0.25) is 9.69 Å². The van der Waals surface area contributed by atoms with Crippen LogP contribution in [0.25, 0.3) is 0 Å². The fourth-order valence-electron chi connectivity index (χ4n) is 3.43. The van der Waals surface area contributed by atoms with Crippen LogP contribution in [0.2, 0.25) is 10.0 Å². The molecule has 0 aliphatic carbocycles. The van der Waals surface area contributed by atoms with Crippen LogP contribution in [0.4, 0.5) is 5.69 Å². The lowest BCUT2D eigenvalue weighted by Gasteiger charge is -2.33. The monoisotopic (exact) mass is 483 g/mol. The van der Waals surface area contributed by atoms with Crippen molar-refractivity contribution in [2.45, 2.75) is 31.1 Å². The van der Waals surface area contributed by atoms with E-state index in [-0.39, 0.29) is 17.9 Å². The number of rotatable bonds is 5. The molecule has 0 bridgehead atoms. The topological polar surface area (TPSA) is 69.7 Å². The molecule has 1 heterocycles. The zero-order valence-corrected chi connectivity index (χ0v) is 20.2. The highest BCUT2D eigenvalue weighted by atomic mass is 35.5. The summed E-state index contributed by atoms with van der Waals surface area (Å²) in [4.78, 5) is 14.6. The minimum atomic E-state index is -3.56. The van der Waals surface area contributed by atoms with E-state index in [0.29, 0.717) is 46.8 Å². The summed E-state index contributed by atoms with van der Waals surface area (Å²) in [6.45, 7) is 8.05. The third-order valence-corrected chi connectivity index (χ3v) is 7.55. The number of anilines is 1. The first-order valence-electron chi connectivity index (χ1n) is 10.0. The number of carbonyl (C=O) groups excluding carboxylic acids is 1. The van der Waals surface area contributed by atoms with Crippen LogP contribution in [0.15, 0.2) is 47.4 Å². The molecule has 1 fully saturated rings. The molecule has 1 aliphatic rings. The zero-order chi connectivity index (χ0) is 22.8. The summed E-state index contributed by atoms with van der Waals surface area (Å²) in [5, 5.41) is 3.66. The first-order chi connectivity index (χ1) is 14.4. The second kappa shape index (κ2) is 9.46. The number of benzene rings is 2. The molecule has 2 aromatic carbocycles. The minimum absolute atomic E-state index is 0.0368. The average molecular weight is 484 g/mol. The van der Waals surface area contributed by atoms with Gasteiger partial charge >= 0.3 is 0 Å². The summed E-state index contributed by atoms with van der Waals surface area (Å²) in [5.41, 5.74) is 1.58. The van der Waals surface area contributed by atoms with Gasteiger partial charge in [0.25, 0.3) is 0 Å². The lowest BCUT2D eigenvalue weighted by Crippen LogP contribution is -2.50. The van der Waals surface area contributed by atoms with Gasteiger partial charge in [-0.15, -0.1) is 0 Å². The van der Waals surface area contributed by atoms with E-state index >= 15 is 0 Å². The molecule has 1 saturated heterocycles. The molecule has 6 nitrogen and oxygen atoms in total. The van der Waals surface area contributed by atoms with Crippen molar-refractivity contribution in [2.24, 2.45) is 0 Å². The van der Waals surface area contributed by atoms with Crippen molar-refractivity contribution in [2.75, 3.05) is 38.0 Å². The van der Waals surface area contributed by atoms with Crippen LogP contribution in [-0.4, -0.2) is 56.3 Å². The van der Waals surface area contributed by atoms with E-state index in [4.69, 9.17) is 23.2 Å². The molecule has 3 rings (SSSR count). The van der Waals surface area contributed by atoms with Crippen molar-refractivity contribution in [3.63, 3.8) is 0 Å². The number of halogens is 2. The van der Waals surface area contributed by atoms with Gasteiger partial charge in [0.1, 0.15) is 0 Å². The van der Waals surface area contributed by atoms with Crippen molar-refractivity contribution < 1.29 is 13.2 Å². The molecule has 31 heavy (non-hydrogen) atoms. The van der Waals surface area contributed by atoms with E-state index in [1.165, 1.54) is 4.31 Å². The predicted molar refractivity (Wildman–Crippen MR) is 125 cm³/mol. The molecular weight excluding hydrogens is 457 g/mol. The maximum absolute atomic E-state index is 13.0. The normalized spacial score (nSPS) is 16.3. The molecule has 0 aromatic heterocycles. The Balaban J connectivity index is 1.56. The number of amides is 1. The zero-order valence-electron chi connectivity index (χ0n) is 17.9. The quantitative estimate of drug-likeness (QED) is 0.690. The molecule has 1 N–H and O–H groups in total. The van der Waals surface area contributed by atoms with Crippen LogP contribution >= 0.6 is 23.2 Å². The van der Waals surface area contributed by atoms with Crippen LogP contribution in [0.1, 0.15) is 26.3 Å². The van der Waals surface area contributed by atoms with Crippen molar-refractivity contribution in [1.29, 1.82) is 0 Å². The molecule has 0 spiro atoms. The van der Waals surface area contributed by atoms with Crippen molar-refractivity contribution in [3.8, 4) is 0 Å². The highest BCUT2D eigenvalue weighted by molar-refractivity contribution is 7.89. The first kappa shape index (κ1) is 24.0. The fraction of sp³-hybridized carbons (Fsp3) is 0.409. The Morgan fingerprint density at radius 1 is 0.968 bits per heavy atom. The maximum Gasteiger partial charge on any atom is 0.243 e. The van der Waals surface area contributed by atoms with Gasteiger partial charge in [-0.25, -0.2) is 8.42 Å². The van der Waals surface area contributed by atoms with Gasteiger partial charge in [0.2, 0.25) is 15.9 Å². The first-order valence-corrected chi connectivity index (χ1v) is 12.2. The SMILES string of the molecule is CC(C)(C)c1ccc(S(=O)(=O)N2CCN(CC(=O)Nc3cc(Cl)cc(Cl)c3)CC2)cc1. The largest absolute Gasteiger partial charge is 0.325 e. The summed E-state index contributed by atoms with van der Waals surface area (Å²) in [6, 6.07) is 11.9. The summed E-state index contributed by atoms with van der Waals surface area (Å²) < 4.78 is 27.4. The van der Waals surface area contributed by atoms with Gasteiger partial charge in [-0.2, -0.15) is 4.31 Å². The summed E-state index contributed by atoms with van der Waals surface area (Å²) >= 11 is 11.9. The van der Waals surface area contributed by atoms with Gasteiger partial charge in [0, 0.05) is 41.9 Å². The second-order valence-corrected chi connectivity index (χ2v) is 11.5. The molecule has 0 atom stereocenters. The van der Waals surface area contributed by atoms with Crippen LogP contribution in [0.3, 0.4) is 0 Å². The Hall–Kier alpha value is -1.64. The van der Waals surface area contributed by atoms with Gasteiger partial charge in [0.15, 0.2) is 0 Å². The van der Waals surface area contributed by atoms with Gasteiger partial charge < -0.3 is 5.32 Å². The van der Waals surface area contributed by atoms with Crippen LogP contribution in [-0.2, 0) is 20.2 Å². The number of sulfonamides is 1. The molecule has 1 aliphatic heterocycles. The van der Waals surface area contributed by atoms with Crippen molar-refractivity contribution in [3.05, 3.63) is 58.1 Å². The number of nitrogens with one attached hydrogen (secondary N) is 1. The lowest BCUT2D eigenvalue weighted by molar-refractivity contribution is -0.117.